The Labute approximate surface area is 126 Å². The Bertz CT molecular complexity index is 364. The molecule has 1 aromatic rings. The lowest BCUT2D eigenvalue weighted by Gasteiger charge is -2.35. The summed E-state index contributed by atoms with van der Waals surface area (Å²) in [6, 6.07) is 2.74. The van der Waals surface area contributed by atoms with Gasteiger partial charge in [0, 0.05) is 19.1 Å². The number of hydrogen-bond acceptors (Lipinski definition) is 4. The Morgan fingerprint density at radius 1 is 1.61 bits per heavy atom. The van der Waals surface area contributed by atoms with Crippen LogP contribution in [0.25, 0.3) is 0 Å². The number of thiophene rings is 1. The molecule has 0 saturated carbocycles. The summed E-state index contributed by atoms with van der Waals surface area (Å²) in [7, 11) is 2.21. The number of halogens is 1. The van der Waals surface area contributed by atoms with Crippen molar-refractivity contribution in [3.05, 3.63) is 20.8 Å². The van der Waals surface area contributed by atoms with E-state index in [1.165, 1.54) is 33.7 Å². The first-order valence-electron chi connectivity index (χ1n) is 6.41. The van der Waals surface area contributed by atoms with Crippen LogP contribution in [0.3, 0.4) is 0 Å². The van der Waals surface area contributed by atoms with Crippen molar-refractivity contribution >= 4 is 39.0 Å². The lowest BCUT2D eigenvalue weighted by Crippen LogP contribution is -2.44. The molecule has 1 fully saturated rings. The second-order valence-corrected chi connectivity index (χ2v) is 8.39. The second-order valence-electron chi connectivity index (χ2n) is 4.95. The Morgan fingerprint density at radius 3 is 3.00 bits per heavy atom. The van der Waals surface area contributed by atoms with E-state index < -0.39 is 0 Å². The summed E-state index contributed by atoms with van der Waals surface area (Å²) in [4.78, 5) is 2.44. The van der Waals surface area contributed by atoms with E-state index in [1.54, 1.807) is 11.3 Å². The van der Waals surface area contributed by atoms with Gasteiger partial charge in [-0.1, -0.05) is 0 Å². The Hall–Kier alpha value is 0.450. The predicted molar refractivity (Wildman–Crippen MR) is 86.4 cm³/mol. The Kier molecular flexibility index (Phi) is 6.01. The Balaban J connectivity index is 1.93. The molecule has 18 heavy (non-hydrogen) atoms. The van der Waals surface area contributed by atoms with Crippen LogP contribution in [0.2, 0.25) is 0 Å². The first-order valence-corrected chi connectivity index (χ1v) is 9.24. The molecule has 0 aliphatic carbocycles. The van der Waals surface area contributed by atoms with Crippen LogP contribution in [-0.4, -0.2) is 36.0 Å². The van der Waals surface area contributed by atoms with Gasteiger partial charge in [0.2, 0.25) is 0 Å². The monoisotopic (exact) mass is 348 g/mol. The fraction of sp³-hybridized carbons (Fsp3) is 0.692. The van der Waals surface area contributed by atoms with Crippen LogP contribution in [0.5, 0.6) is 0 Å². The molecule has 1 aromatic heterocycles. The maximum Gasteiger partial charge on any atom is 0.0701 e. The van der Waals surface area contributed by atoms with Crippen molar-refractivity contribution in [2.45, 2.75) is 25.4 Å². The van der Waals surface area contributed by atoms with Crippen LogP contribution in [0, 0.1) is 5.92 Å². The van der Waals surface area contributed by atoms with E-state index in [0.717, 1.165) is 19.0 Å². The van der Waals surface area contributed by atoms with Gasteiger partial charge in [-0.2, -0.15) is 11.8 Å². The van der Waals surface area contributed by atoms with E-state index in [1.807, 2.05) is 0 Å². The van der Waals surface area contributed by atoms with E-state index in [4.69, 9.17) is 5.73 Å². The number of nitrogens with two attached hydrogens (primary N) is 1. The quantitative estimate of drug-likeness (QED) is 0.883. The predicted octanol–water partition coefficient (Wildman–Crippen LogP) is 3.41. The van der Waals surface area contributed by atoms with Crippen molar-refractivity contribution in [1.29, 1.82) is 0 Å². The van der Waals surface area contributed by atoms with Crippen LogP contribution in [0.15, 0.2) is 15.2 Å². The van der Waals surface area contributed by atoms with Gasteiger partial charge in [0.25, 0.3) is 0 Å². The van der Waals surface area contributed by atoms with Gasteiger partial charge >= 0.3 is 0 Å². The van der Waals surface area contributed by atoms with Gasteiger partial charge in [-0.25, -0.2) is 0 Å². The molecule has 1 aliphatic rings. The third-order valence-corrected chi connectivity index (χ3v) is 6.40. The first-order chi connectivity index (χ1) is 8.70. The number of thioether (sulfide) groups is 1. The molecule has 2 rings (SSSR count). The number of hydrogen-bond donors (Lipinski definition) is 1. The molecule has 2 unspecified atom stereocenters. The first kappa shape index (κ1) is 14.9. The number of likely N-dealkylation sites (N-methyl/N-ethyl adjacent to an activating group) is 1. The van der Waals surface area contributed by atoms with Crippen molar-refractivity contribution in [3.63, 3.8) is 0 Å². The zero-order valence-corrected chi connectivity index (χ0v) is 14.0. The summed E-state index contributed by atoms with van der Waals surface area (Å²) in [5.74, 6) is 3.37. The molecule has 5 heteroatoms. The summed E-state index contributed by atoms with van der Waals surface area (Å²) < 4.78 is 1.21. The van der Waals surface area contributed by atoms with E-state index in [2.05, 4.69) is 51.1 Å². The minimum atomic E-state index is 0.525. The van der Waals surface area contributed by atoms with Gasteiger partial charge in [0.15, 0.2) is 0 Å². The van der Waals surface area contributed by atoms with Gasteiger partial charge in [-0.15, -0.1) is 11.3 Å². The van der Waals surface area contributed by atoms with Crippen molar-refractivity contribution in [2.75, 3.05) is 25.1 Å². The Morgan fingerprint density at radius 2 is 2.44 bits per heavy atom. The van der Waals surface area contributed by atoms with Gasteiger partial charge in [0.1, 0.15) is 0 Å². The summed E-state index contributed by atoms with van der Waals surface area (Å²) >= 11 is 7.37. The van der Waals surface area contributed by atoms with Gasteiger partial charge in [-0.3, -0.25) is 4.90 Å². The van der Waals surface area contributed by atoms with Crippen LogP contribution < -0.4 is 5.73 Å². The van der Waals surface area contributed by atoms with Crippen LogP contribution in [0.4, 0.5) is 0 Å². The molecule has 0 aromatic carbocycles. The average molecular weight is 349 g/mol. The molecule has 2 atom stereocenters. The highest BCUT2D eigenvalue weighted by Gasteiger charge is 2.26. The molecule has 102 valence electrons. The fourth-order valence-corrected chi connectivity index (χ4v) is 5.06. The zero-order valence-electron chi connectivity index (χ0n) is 10.8. The normalized spacial score (nSPS) is 22.3. The number of rotatable bonds is 5. The standard InChI is InChI=1S/C13H21BrN2S2/c1-16(7-10-5-13(14)18-8-10)12(6-15)11-3-2-4-17-9-11/h5,8,11-12H,2-4,6-7,9,15H2,1H3. The highest BCUT2D eigenvalue weighted by molar-refractivity contribution is 9.11. The molecule has 0 amide bonds. The second kappa shape index (κ2) is 7.29. The molecule has 1 saturated heterocycles. The smallest absolute Gasteiger partial charge is 0.0701 e. The molecule has 0 radical (unpaired) electrons. The van der Waals surface area contributed by atoms with E-state index in [-0.39, 0.29) is 0 Å². The molecule has 2 N–H and O–H groups in total. The third kappa shape index (κ3) is 3.97. The third-order valence-electron chi connectivity index (χ3n) is 3.60. The molecular formula is C13H21BrN2S2. The molecule has 1 aliphatic heterocycles. The SMILES string of the molecule is CN(Cc1csc(Br)c1)C(CN)C1CCCSC1. The molecular weight excluding hydrogens is 328 g/mol. The zero-order chi connectivity index (χ0) is 13.0. The van der Waals surface area contributed by atoms with Crippen molar-refractivity contribution in [3.8, 4) is 0 Å². The van der Waals surface area contributed by atoms with Crippen molar-refractivity contribution in [2.24, 2.45) is 11.7 Å². The van der Waals surface area contributed by atoms with Crippen LogP contribution >= 0.6 is 39.0 Å². The lowest BCUT2D eigenvalue weighted by molar-refractivity contribution is 0.175. The maximum absolute atomic E-state index is 6.01. The summed E-state index contributed by atoms with van der Waals surface area (Å²) in [5, 5.41) is 2.23. The highest BCUT2D eigenvalue weighted by atomic mass is 79.9. The largest absolute Gasteiger partial charge is 0.329 e. The number of nitrogens with zero attached hydrogens (tertiary/aromatic N) is 1. The topological polar surface area (TPSA) is 29.3 Å². The average Bonchev–Trinajstić information content (AvgIpc) is 2.77. The summed E-state index contributed by atoms with van der Waals surface area (Å²) in [6.07, 6.45) is 2.69. The van der Waals surface area contributed by atoms with E-state index >= 15 is 0 Å². The summed E-state index contributed by atoms with van der Waals surface area (Å²) in [5.41, 5.74) is 7.39. The van der Waals surface area contributed by atoms with Gasteiger partial charge < -0.3 is 5.73 Å². The van der Waals surface area contributed by atoms with Crippen LogP contribution in [-0.2, 0) is 6.54 Å². The van der Waals surface area contributed by atoms with Crippen molar-refractivity contribution in [1.82, 2.24) is 4.90 Å². The highest BCUT2D eigenvalue weighted by Crippen LogP contribution is 2.28. The minimum absolute atomic E-state index is 0.525. The van der Waals surface area contributed by atoms with Crippen LogP contribution in [0.1, 0.15) is 18.4 Å². The van der Waals surface area contributed by atoms with Gasteiger partial charge in [-0.05, 0) is 70.3 Å². The molecule has 2 nitrogen and oxygen atoms in total. The molecule has 2 heterocycles. The maximum atomic E-state index is 6.01. The fourth-order valence-electron chi connectivity index (χ4n) is 2.64. The lowest BCUT2D eigenvalue weighted by atomic mass is 9.95. The summed E-state index contributed by atoms with van der Waals surface area (Å²) in [6.45, 7) is 1.78. The van der Waals surface area contributed by atoms with Gasteiger partial charge in [0.05, 0.1) is 3.79 Å². The van der Waals surface area contributed by atoms with E-state index in [9.17, 15) is 0 Å². The minimum Gasteiger partial charge on any atom is -0.329 e. The van der Waals surface area contributed by atoms with Crippen molar-refractivity contribution < 1.29 is 0 Å². The molecule has 0 spiro atoms. The van der Waals surface area contributed by atoms with E-state index in [0.29, 0.717) is 6.04 Å². The molecule has 0 bridgehead atoms.